The van der Waals surface area contributed by atoms with Crippen LogP contribution in [0, 0.1) is 5.82 Å². The lowest BCUT2D eigenvalue weighted by Crippen LogP contribution is -2.34. The molecule has 1 heterocycles. The van der Waals surface area contributed by atoms with E-state index in [1.54, 1.807) is 33.8 Å². The molecule has 0 radical (unpaired) electrons. The zero-order valence-electron chi connectivity index (χ0n) is 12.9. The predicted molar refractivity (Wildman–Crippen MR) is 80.2 cm³/mol. The molecule has 0 saturated heterocycles. The van der Waals surface area contributed by atoms with Crippen LogP contribution in [-0.2, 0) is 4.74 Å². The molecule has 0 fully saturated rings. The van der Waals surface area contributed by atoms with E-state index in [4.69, 9.17) is 9.15 Å². The second-order valence-corrected chi connectivity index (χ2v) is 6.04. The van der Waals surface area contributed by atoms with Gasteiger partial charge in [-0.1, -0.05) is 6.07 Å². The molecular formula is C16H18FNO4. The number of rotatable bonds is 2. The van der Waals surface area contributed by atoms with E-state index in [1.807, 2.05) is 0 Å². The molecule has 1 atom stereocenters. The van der Waals surface area contributed by atoms with Crippen molar-refractivity contribution in [2.45, 2.75) is 39.3 Å². The van der Waals surface area contributed by atoms with Gasteiger partial charge in [0.15, 0.2) is 0 Å². The average molecular weight is 307 g/mol. The van der Waals surface area contributed by atoms with Crippen molar-refractivity contribution in [3.05, 3.63) is 46.3 Å². The van der Waals surface area contributed by atoms with E-state index in [1.165, 1.54) is 12.1 Å². The van der Waals surface area contributed by atoms with Gasteiger partial charge in [-0.25, -0.2) is 14.0 Å². The SMILES string of the molecule is C[C@H](NC(=O)OC(C)(C)C)c1cc2ccc(F)cc2c(=O)o1. The summed E-state index contributed by atoms with van der Waals surface area (Å²) in [4.78, 5) is 23.6. The van der Waals surface area contributed by atoms with E-state index >= 15 is 0 Å². The normalized spacial score (nSPS) is 13.0. The Hall–Kier alpha value is -2.37. The molecule has 1 N–H and O–H groups in total. The molecule has 2 aromatic rings. The Morgan fingerprint density at radius 2 is 2.00 bits per heavy atom. The maximum atomic E-state index is 13.2. The standard InChI is InChI=1S/C16H18FNO4/c1-9(18-15(20)22-16(2,3)4)13-7-10-5-6-11(17)8-12(10)14(19)21-13/h5-9H,1-4H3,(H,18,20)/t9-/m0/s1. The van der Waals surface area contributed by atoms with Gasteiger partial charge in [0.05, 0.1) is 11.4 Å². The predicted octanol–water partition coefficient (Wildman–Crippen LogP) is 3.52. The number of carbonyl (C=O) groups is 1. The Labute approximate surface area is 127 Å². The van der Waals surface area contributed by atoms with Crippen LogP contribution in [0.2, 0.25) is 0 Å². The molecule has 0 aliphatic heterocycles. The third-order valence-corrected chi connectivity index (χ3v) is 2.90. The number of fused-ring (bicyclic) bond motifs is 1. The zero-order chi connectivity index (χ0) is 16.5. The molecule has 0 aliphatic carbocycles. The van der Waals surface area contributed by atoms with Crippen molar-refractivity contribution >= 4 is 16.9 Å². The Kier molecular flexibility index (Phi) is 4.21. The van der Waals surface area contributed by atoms with Crippen molar-refractivity contribution in [2.24, 2.45) is 0 Å². The number of amides is 1. The summed E-state index contributed by atoms with van der Waals surface area (Å²) in [5.74, 6) is -0.234. The van der Waals surface area contributed by atoms with Crippen molar-refractivity contribution in [3.63, 3.8) is 0 Å². The van der Waals surface area contributed by atoms with Crippen LogP contribution < -0.4 is 10.9 Å². The number of nitrogens with one attached hydrogen (secondary N) is 1. The molecule has 22 heavy (non-hydrogen) atoms. The van der Waals surface area contributed by atoms with Gasteiger partial charge in [0.25, 0.3) is 0 Å². The van der Waals surface area contributed by atoms with Gasteiger partial charge in [-0.05, 0) is 51.3 Å². The van der Waals surface area contributed by atoms with E-state index in [9.17, 15) is 14.0 Å². The fourth-order valence-electron chi connectivity index (χ4n) is 1.94. The summed E-state index contributed by atoms with van der Waals surface area (Å²) in [5, 5.41) is 3.30. The Bertz CT molecular complexity index is 761. The third-order valence-electron chi connectivity index (χ3n) is 2.90. The molecule has 5 nitrogen and oxygen atoms in total. The zero-order valence-corrected chi connectivity index (χ0v) is 12.9. The summed E-state index contributed by atoms with van der Waals surface area (Å²) < 4.78 is 23.4. The number of halogens is 1. The van der Waals surface area contributed by atoms with E-state index in [0.29, 0.717) is 5.39 Å². The molecule has 0 bridgehead atoms. The lowest BCUT2D eigenvalue weighted by atomic mass is 10.1. The second-order valence-electron chi connectivity index (χ2n) is 6.04. The summed E-state index contributed by atoms with van der Waals surface area (Å²) in [6.45, 7) is 6.92. The molecule has 0 spiro atoms. The summed E-state index contributed by atoms with van der Waals surface area (Å²) >= 11 is 0. The minimum Gasteiger partial charge on any atom is -0.444 e. The first-order valence-electron chi connectivity index (χ1n) is 6.88. The molecule has 1 aromatic heterocycles. The number of benzene rings is 1. The van der Waals surface area contributed by atoms with Crippen LogP contribution in [0.5, 0.6) is 0 Å². The summed E-state index contributed by atoms with van der Waals surface area (Å²) in [6, 6.07) is 4.91. The van der Waals surface area contributed by atoms with Gasteiger partial charge in [-0.3, -0.25) is 0 Å². The van der Waals surface area contributed by atoms with Crippen molar-refractivity contribution < 1.29 is 18.3 Å². The molecule has 0 unspecified atom stereocenters. The minimum absolute atomic E-state index is 0.160. The van der Waals surface area contributed by atoms with Gasteiger partial charge < -0.3 is 14.5 Å². The summed E-state index contributed by atoms with van der Waals surface area (Å²) in [7, 11) is 0. The first kappa shape index (κ1) is 16.0. The molecule has 2 rings (SSSR count). The number of hydrogen-bond donors (Lipinski definition) is 1. The van der Waals surface area contributed by atoms with Crippen LogP contribution in [0.1, 0.15) is 39.5 Å². The van der Waals surface area contributed by atoms with Gasteiger partial charge in [0.1, 0.15) is 17.2 Å². The monoisotopic (exact) mass is 307 g/mol. The lowest BCUT2D eigenvalue weighted by Gasteiger charge is -2.21. The molecule has 0 aliphatic rings. The van der Waals surface area contributed by atoms with Crippen molar-refractivity contribution in [1.29, 1.82) is 0 Å². The third kappa shape index (κ3) is 3.84. The molecular weight excluding hydrogens is 289 g/mol. The molecule has 118 valence electrons. The van der Waals surface area contributed by atoms with Crippen LogP contribution in [0.25, 0.3) is 10.8 Å². The number of carbonyl (C=O) groups excluding carboxylic acids is 1. The van der Waals surface area contributed by atoms with Gasteiger partial charge in [-0.2, -0.15) is 0 Å². The lowest BCUT2D eigenvalue weighted by molar-refractivity contribution is 0.0501. The first-order chi connectivity index (χ1) is 10.2. The van der Waals surface area contributed by atoms with Gasteiger partial charge in [-0.15, -0.1) is 0 Å². The van der Waals surface area contributed by atoms with Crippen LogP contribution in [0.4, 0.5) is 9.18 Å². The first-order valence-corrected chi connectivity index (χ1v) is 6.88. The van der Waals surface area contributed by atoms with Crippen LogP contribution in [0.15, 0.2) is 33.5 Å². The minimum atomic E-state index is -0.648. The highest BCUT2D eigenvalue weighted by atomic mass is 19.1. The Morgan fingerprint density at radius 1 is 1.32 bits per heavy atom. The van der Waals surface area contributed by atoms with Crippen LogP contribution >= 0.6 is 0 Å². The second kappa shape index (κ2) is 5.79. The van der Waals surface area contributed by atoms with Crippen LogP contribution in [0.3, 0.4) is 0 Å². The van der Waals surface area contributed by atoms with Gasteiger partial charge in [0.2, 0.25) is 0 Å². The topological polar surface area (TPSA) is 68.5 Å². The highest BCUT2D eigenvalue weighted by Crippen LogP contribution is 2.19. The number of ether oxygens (including phenoxy) is 1. The van der Waals surface area contributed by atoms with E-state index in [0.717, 1.165) is 6.07 Å². The van der Waals surface area contributed by atoms with Crippen LogP contribution in [-0.4, -0.2) is 11.7 Å². The number of hydrogen-bond acceptors (Lipinski definition) is 4. The van der Waals surface area contributed by atoms with Crippen molar-refractivity contribution in [3.8, 4) is 0 Å². The van der Waals surface area contributed by atoms with E-state index in [-0.39, 0.29) is 11.1 Å². The largest absolute Gasteiger partial charge is 0.444 e. The quantitative estimate of drug-likeness (QED) is 0.921. The fraction of sp³-hybridized carbons (Fsp3) is 0.375. The fourth-order valence-corrected chi connectivity index (χ4v) is 1.94. The molecule has 0 saturated carbocycles. The Morgan fingerprint density at radius 3 is 2.64 bits per heavy atom. The highest BCUT2D eigenvalue weighted by Gasteiger charge is 2.20. The smallest absolute Gasteiger partial charge is 0.408 e. The summed E-state index contributed by atoms with van der Waals surface area (Å²) in [6.07, 6.45) is -0.609. The van der Waals surface area contributed by atoms with Gasteiger partial charge >= 0.3 is 11.7 Å². The molecule has 6 heteroatoms. The molecule has 1 aromatic carbocycles. The van der Waals surface area contributed by atoms with Gasteiger partial charge in [0, 0.05) is 0 Å². The maximum Gasteiger partial charge on any atom is 0.408 e. The summed E-state index contributed by atoms with van der Waals surface area (Å²) in [5.41, 5.74) is -1.27. The Balaban J connectivity index is 2.25. The average Bonchev–Trinajstić information content (AvgIpc) is 2.37. The maximum absolute atomic E-state index is 13.2. The van der Waals surface area contributed by atoms with Crippen molar-refractivity contribution in [2.75, 3.05) is 0 Å². The molecule has 1 amide bonds. The van der Waals surface area contributed by atoms with Crippen molar-refractivity contribution in [1.82, 2.24) is 5.32 Å². The number of alkyl carbamates (subject to hydrolysis) is 1. The van der Waals surface area contributed by atoms with E-state index in [2.05, 4.69) is 5.32 Å². The van der Waals surface area contributed by atoms with E-state index < -0.39 is 29.2 Å². The highest BCUT2D eigenvalue weighted by molar-refractivity contribution is 5.81.